The van der Waals surface area contributed by atoms with Crippen LogP contribution in [0.3, 0.4) is 0 Å². The fraction of sp³-hybridized carbons (Fsp3) is 1.00. The maximum absolute atomic E-state index is 2.49. The highest BCUT2D eigenvalue weighted by Gasteiger charge is 2.43. The largest absolute Gasteiger partial charge is 0.0692 e. The van der Waals surface area contributed by atoms with Crippen molar-refractivity contribution in [2.45, 2.75) is 50.9 Å². The SMILES string of the molecule is CC1([Si](C)(C)C)CCC1. The molecule has 1 fully saturated rings. The Morgan fingerprint density at radius 2 is 1.56 bits per heavy atom. The lowest BCUT2D eigenvalue weighted by molar-refractivity contribution is 0.352. The predicted molar refractivity (Wildman–Crippen MR) is 45.6 cm³/mol. The van der Waals surface area contributed by atoms with Crippen molar-refractivity contribution in [2.75, 3.05) is 0 Å². The lowest BCUT2D eigenvalue weighted by atomic mass is 9.86. The Labute approximate surface area is 59.7 Å². The van der Waals surface area contributed by atoms with E-state index < -0.39 is 8.07 Å². The Kier molecular flexibility index (Phi) is 1.50. The molecule has 1 heteroatoms. The zero-order valence-electron chi connectivity index (χ0n) is 7.12. The fourth-order valence-corrected chi connectivity index (χ4v) is 3.31. The molecule has 0 unspecified atom stereocenters. The lowest BCUT2D eigenvalue weighted by Gasteiger charge is -2.48. The van der Waals surface area contributed by atoms with Crippen LogP contribution in [0.5, 0.6) is 0 Å². The minimum Gasteiger partial charge on any atom is -0.0692 e. The van der Waals surface area contributed by atoms with Gasteiger partial charge in [-0.15, -0.1) is 0 Å². The molecule has 1 rings (SSSR count). The molecule has 0 aromatic heterocycles. The molecule has 0 bridgehead atoms. The molecule has 9 heavy (non-hydrogen) atoms. The molecule has 0 nitrogen and oxygen atoms in total. The molecule has 54 valence electrons. The van der Waals surface area contributed by atoms with Crippen molar-refractivity contribution in [3.05, 3.63) is 0 Å². The topological polar surface area (TPSA) is 0 Å². The zero-order chi connectivity index (χ0) is 7.12. The second-order valence-corrected chi connectivity index (χ2v) is 10.4. The van der Waals surface area contributed by atoms with Gasteiger partial charge < -0.3 is 0 Å². The molecule has 0 heterocycles. The maximum atomic E-state index is 2.49. The minimum atomic E-state index is -0.798. The van der Waals surface area contributed by atoms with Gasteiger partial charge in [-0.2, -0.15) is 0 Å². The minimum absolute atomic E-state index is 0.798. The first-order valence-electron chi connectivity index (χ1n) is 3.96. The van der Waals surface area contributed by atoms with Crippen LogP contribution in [0.25, 0.3) is 0 Å². The van der Waals surface area contributed by atoms with Gasteiger partial charge in [-0.05, 0) is 5.04 Å². The molecule has 0 atom stereocenters. The van der Waals surface area contributed by atoms with E-state index in [1.54, 1.807) is 0 Å². The number of rotatable bonds is 1. The molecule has 0 aromatic carbocycles. The highest BCUT2D eigenvalue weighted by atomic mass is 28.3. The summed E-state index contributed by atoms with van der Waals surface area (Å²) in [6.07, 6.45) is 4.49. The van der Waals surface area contributed by atoms with Crippen LogP contribution in [-0.4, -0.2) is 8.07 Å². The van der Waals surface area contributed by atoms with Crippen LogP contribution in [0, 0.1) is 0 Å². The van der Waals surface area contributed by atoms with Gasteiger partial charge in [0, 0.05) is 0 Å². The molecule has 0 aromatic rings. The number of hydrogen-bond donors (Lipinski definition) is 0. The van der Waals surface area contributed by atoms with E-state index in [9.17, 15) is 0 Å². The second-order valence-electron chi connectivity index (χ2n) is 4.66. The van der Waals surface area contributed by atoms with Gasteiger partial charge in [-0.3, -0.25) is 0 Å². The maximum Gasteiger partial charge on any atom is 0.0502 e. The van der Waals surface area contributed by atoms with Gasteiger partial charge in [0.1, 0.15) is 0 Å². The van der Waals surface area contributed by atoms with Crippen molar-refractivity contribution < 1.29 is 0 Å². The highest BCUT2D eigenvalue weighted by Crippen LogP contribution is 2.54. The molecular formula is C8H18Si. The molecule has 0 amide bonds. The summed E-state index contributed by atoms with van der Waals surface area (Å²) in [5.74, 6) is 0. The van der Waals surface area contributed by atoms with E-state index in [0.717, 1.165) is 5.04 Å². The quantitative estimate of drug-likeness (QED) is 0.493. The lowest BCUT2D eigenvalue weighted by Crippen LogP contribution is -2.42. The Bertz CT molecular complexity index is 106. The zero-order valence-corrected chi connectivity index (χ0v) is 8.12. The van der Waals surface area contributed by atoms with Gasteiger partial charge in [0.25, 0.3) is 0 Å². The van der Waals surface area contributed by atoms with Gasteiger partial charge in [-0.25, -0.2) is 0 Å². The Morgan fingerprint density at radius 1 is 1.11 bits per heavy atom. The molecule has 0 aliphatic heterocycles. The third-order valence-corrected chi connectivity index (χ3v) is 7.39. The van der Waals surface area contributed by atoms with Crippen molar-refractivity contribution in [3.63, 3.8) is 0 Å². The standard InChI is InChI=1S/C8H18Si/c1-8(6-5-7-8)9(2,3)4/h5-7H2,1-4H3. The molecular weight excluding hydrogens is 124 g/mol. The van der Waals surface area contributed by atoms with Gasteiger partial charge in [-0.1, -0.05) is 45.8 Å². The van der Waals surface area contributed by atoms with E-state index in [-0.39, 0.29) is 0 Å². The summed E-state index contributed by atoms with van der Waals surface area (Å²) in [6, 6.07) is 0. The molecule has 0 N–H and O–H groups in total. The van der Waals surface area contributed by atoms with E-state index in [4.69, 9.17) is 0 Å². The van der Waals surface area contributed by atoms with Crippen molar-refractivity contribution in [1.82, 2.24) is 0 Å². The summed E-state index contributed by atoms with van der Waals surface area (Å²) in [5.41, 5.74) is 0. The Hall–Kier alpha value is 0.217. The van der Waals surface area contributed by atoms with E-state index in [0.29, 0.717) is 0 Å². The first-order chi connectivity index (χ1) is 3.96. The Balaban J connectivity index is 2.59. The van der Waals surface area contributed by atoms with E-state index in [1.807, 2.05) is 0 Å². The summed E-state index contributed by atoms with van der Waals surface area (Å²) < 4.78 is 0. The van der Waals surface area contributed by atoms with Gasteiger partial charge in [0.2, 0.25) is 0 Å². The van der Waals surface area contributed by atoms with Crippen molar-refractivity contribution in [1.29, 1.82) is 0 Å². The molecule has 1 aliphatic carbocycles. The van der Waals surface area contributed by atoms with Crippen molar-refractivity contribution in [3.8, 4) is 0 Å². The smallest absolute Gasteiger partial charge is 0.0502 e. The van der Waals surface area contributed by atoms with Gasteiger partial charge in [0.15, 0.2) is 0 Å². The van der Waals surface area contributed by atoms with Crippen LogP contribution in [0.1, 0.15) is 26.2 Å². The van der Waals surface area contributed by atoms with Gasteiger partial charge >= 0.3 is 0 Å². The van der Waals surface area contributed by atoms with Crippen LogP contribution in [0.4, 0.5) is 0 Å². The third-order valence-electron chi connectivity index (χ3n) is 3.27. The summed E-state index contributed by atoms with van der Waals surface area (Å²) in [6.45, 7) is 9.95. The third kappa shape index (κ3) is 1.07. The molecule has 0 spiro atoms. The average Bonchev–Trinajstić information content (AvgIpc) is 1.57. The normalized spacial score (nSPS) is 25.3. The summed E-state index contributed by atoms with van der Waals surface area (Å²) in [7, 11) is -0.798. The van der Waals surface area contributed by atoms with Crippen LogP contribution in [0.15, 0.2) is 0 Å². The summed E-state index contributed by atoms with van der Waals surface area (Å²) in [5, 5.41) is 0.799. The summed E-state index contributed by atoms with van der Waals surface area (Å²) in [4.78, 5) is 0. The van der Waals surface area contributed by atoms with Crippen LogP contribution >= 0.6 is 0 Å². The first-order valence-corrected chi connectivity index (χ1v) is 7.46. The molecule has 1 aliphatic rings. The van der Waals surface area contributed by atoms with Crippen molar-refractivity contribution >= 4 is 8.07 Å². The average molecular weight is 142 g/mol. The van der Waals surface area contributed by atoms with E-state index >= 15 is 0 Å². The monoisotopic (exact) mass is 142 g/mol. The second kappa shape index (κ2) is 1.85. The number of hydrogen-bond acceptors (Lipinski definition) is 0. The van der Waals surface area contributed by atoms with E-state index in [1.165, 1.54) is 19.3 Å². The van der Waals surface area contributed by atoms with E-state index in [2.05, 4.69) is 26.6 Å². The van der Waals surface area contributed by atoms with Gasteiger partial charge in [0.05, 0.1) is 8.07 Å². The molecule has 1 saturated carbocycles. The van der Waals surface area contributed by atoms with Crippen LogP contribution in [-0.2, 0) is 0 Å². The van der Waals surface area contributed by atoms with Crippen LogP contribution < -0.4 is 0 Å². The van der Waals surface area contributed by atoms with Crippen LogP contribution in [0.2, 0.25) is 24.7 Å². The molecule has 0 radical (unpaired) electrons. The highest BCUT2D eigenvalue weighted by molar-refractivity contribution is 6.79. The first kappa shape index (κ1) is 7.33. The molecule has 0 saturated heterocycles. The Morgan fingerprint density at radius 3 is 1.56 bits per heavy atom. The summed E-state index contributed by atoms with van der Waals surface area (Å²) >= 11 is 0. The fourth-order valence-electron chi connectivity index (χ4n) is 1.46. The van der Waals surface area contributed by atoms with Crippen molar-refractivity contribution in [2.24, 2.45) is 0 Å². The predicted octanol–water partition coefficient (Wildman–Crippen LogP) is 3.27.